The van der Waals surface area contributed by atoms with Gasteiger partial charge in [-0.3, -0.25) is 4.79 Å². The minimum atomic E-state index is 0.274. The van der Waals surface area contributed by atoms with Crippen LogP contribution in [-0.2, 0) is 9.53 Å². The molecule has 0 saturated carbocycles. The van der Waals surface area contributed by atoms with E-state index in [0.29, 0.717) is 0 Å². The van der Waals surface area contributed by atoms with E-state index in [1.165, 1.54) is 19.3 Å². The van der Waals surface area contributed by atoms with Crippen molar-refractivity contribution in [2.45, 2.75) is 52.1 Å². The van der Waals surface area contributed by atoms with Gasteiger partial charge in [-0.1, -0.05) is 32.3 Å². The zero-order valence-corrected chi connectivity index (χ0v) is 9.58. The molecule has 0 saturated heterocycles. The molecule has 1 atom stereocenters. The predicted molar refractivity (Wildman–Crippen MR) is 59.4 cm³/mol. The molecule has 0 bridgehead atoms. The fraction of sp³-hybridized carbons (Fsp3) is 0.750. The third-order valence-electron chi connectivity index (χ3n) is 2.35. The van der Waals surface area contributed by atoms with Crippen molar-refractivity contribution < 1.29 is 9.53 Å². The van der Waals surface area contributed by atoms with Crippen molar-refractivity contribution in [3.63, 3.8) is 0 Å². The molecule has 0 aromatic rings. The molecule has 1 unspecified atom stereocenters. The Balaban J connectivity index is 3.73. The van der Waals surface area contributed by atoms with Crippen LogP contribution in [0.3, 0.4) is 0 Å². The molecule has 0 rings (SSSR count). The monoisotopic (exact) mass is 198 g/mol. The lowest BCUT2D eigenvalue weighted by atomic mass is 10.1. The number of rotatable bonds is 8. The minimum Gasteiger partial charge on any atom is -0.381 e. The Morgan fingerprint density at radius 2 is 2.14 bits per heavy atom. The quantitative estimate of drug-likeness (QED) is 0.340. The van der Waals surface area contributed by atoms with Crippen LogP contribution in [0.2, 0.25) is 0 Å². The minimum absolute atomic E-state index is 0.274. The number of methoxy groups -OCH3 is 1. The van der Waals surface area contributed by atoms with Crippen molar-refractivity contribution in [3.05, 3.63) is 11.6 Å². The van der Waals surface area contributed by atoms with Gasteiger partial charge >= 0.3 is 0 Å². The van der Waals surface area contributed by atoms with Crippen LogP contribution < -0.4 is 0 Å². The van der Waals surface area contributed by atoms with Crippen LogP contribution in [0.25, 0.3) is 0 Å². The fourth-order valence-corrected chi connectivity index (χ4v) is 1.32. The number of allylic oxidation sites excluding steroid dienone is 1. The summed E-state index contributed by atoms with van der Waals surface area (Å²) in [5.41, 5.74) is 0.794. The Kier molecular flexibility index (Phi) is 8.54. The molecule has 0 aliphatic carbocycles. The first-order valence-corrected chi connectivity index (χ1v) is 5.39. The zero-order chi connectivity index (χ0) is 10.8. The van der Waals surface area contributed by atoms with Gasteiger partial charge in [-0.05, 0) is 25.3 Å². The van der Waals surface area contributed by atoms with Gasteiger partial charge in [0.25, 0.3) is 0 Å². The highest BCUT2D eigenvalue weighted by Gasteiger charge is 2.04. The van der Waals surface area contributed by atoms with Gasteiger partial charge in [0.2, 0.25) is 0 Å². The summed E-state index contributed by atoms with van der Waals surface area (Å²) in [5, 5.41) is 0. The predicted octanol–water partition coefficient (Wildman–Crippen LogP) is 3.12. The van der Waals surface area contributed by atoms with Crippen molar-refractivity contribution in [3.8, 4) is 0 Å². The average molecular weight is 198 g/mol. The maximum absolute atomic E-state index is 10.4. The Hall–Kier alpha value is -0.630. The molecule has 0 spiro atoms. The van der Waals surface area contributed by atoms with Crippen LogP contribution in [0.1, 0.15) is 46.0 Å². The number of ether oxygens (including phenoxy) is 1. The van der Waals surface area contributed by atoms with Crippen molar-refractivity contribution in [2.24, 2.45) is 0 Å². The summed E-state index contributed by atoms with van der Waals surface area (Å²) in [6, 6.07) is 0. The number of carbonyl (C=O) groups excluding carboxylic acids is 1. The first kappa shape index (κ1) is 13.4. The van der Waals surface area contributed by atoms with E-state index in [1.54, 1.807) is 7.11 Å². The second-order valence-electron chi connectivity index (χ2n) is 3.66. The highest BCUT2D eigenvalue weighted by atomic mass is 16.5. The summed E-state index contributed by atoms with van der Waals surface area (Å²) in [6.45, 7) is 4.02. The van der Waals surface area contributed by atoms with Crippen LogP contribution in [0.5, 0.6) is 0 Å². The summed E-state index contributed by atoms with van der Waals surface area (Å²) in [7, 11) is 1.74. The van der Waals surface area contributed by atoms with E-state index in [9.17, 15) is 4.79 Å². The van der Waals surface area contributed by atoms with E-state index in [4.69, 9.17) is 4.74 Å². The summed E-state index contributed by atoms with van der Waals surface area (Å²) in [5.74, 6) is 0. The van der Waals surface area contributed by atoms with E-state index in [2.05, 4.69) is 6.92 Å². The van der Waals surface area contributed by atoms with Crippen LogP contribution in [0.15, 0.2) is 11.6 Å². The number of aldehydes is 1. The lowest BCUT2D eigenvalue weighted by Gasteiger charge is -2.12. The molecule has 82 valence electrons. The number of carbonyl (C=O) groups is 1. The summed E-state index contributed by atoms with van der Waals surface area (Å²) in [6.07, 6.45) is 8.76. The van der Waals surface area contributed by atoms with Crippen LogP contribution in [0.4, 0.5) is 0 Å². The Morgan fingerprint density at radius 3 is 2.64 bits per heavy atom. The van der Waals surface area contributed by atoms with E-state index < -0.39 is 0 Å². The second-order valence-corrected chi connectivity index (χ2v) is 3.66. The smallest absolute Gasteiger partial charge is 0.145 e. The highest BCUT2D eigenvalue weighted by Crippen LogP contribution is 2.10. The Morgan fingerprint density at radius 1 is 1.43 bits per heavy atom. The van der Waals surface area contributed by atoms with E-state index in [1.807, 2.05) is 13.0 Å². The highest BCUT2D eigenvalue weighted by molar-refractivity contribution is 5.71. The second kappa shape index (κ2) is 8.95. The number of hydrogen-bond donors (Lipinski definition) is 0. The van der Waals surface area contributed by atoms with Crippen molar-refractivity contribution in [1.29, 1.82) is 0 Å². The van der Waals surface area contributed by atoms with Gasteiger partial charge in [0.1, 0.15) is 6.29 Å². The molecular formula is C12H22O2. The molecule has 14 heavy (non-hydrogen) atoms. The fourth-order valence-electron chi connectivity index (χ4n) is 1.32. The molecule has 2 heteroatoms. The first-order valence-electron chi connectivity index (χ1n) is 5.39. The average Bonchev–Trinajstić information content (AvgIpc) is 2.22. The first-order chi connectivity index (χ1) is 6.74. The number of unbranched alkanes of at least 4 members (excludes halogenated alkanes) is 2. The van der Waals surface area contributed by atoms with Crippen molar-refractivity contribution >= 4 is 6.29 Å². The largest absolute Gasteiger partial charge is 0.381 e. The maximum atomic E-state index is 10.4. The van der Waals surface area contributed by atoms with Gasteiger partial charge in [0.05, 0.1) is 6.10 Å². The molecular weight excluding hydrogens is 176 g/mol. The molecule has 0 aromatic heterocycles. The Bertz CT molecular complexity index is 173. The van der Waals surface area contributed by atoms with E-state index in [0.717, 1.165) is 24.7 Å². The molecule has 0 aromatic carbocycles. The molecule has 0 amide bonds. The standard InChI is InChI=1S/C12H22O2/c1-4-5-6-7-12(14-3)9-8-11(2)10-13/h8,10,12H,4-7,9H2,1-3H3. The van der Waals surface area contributed by atoms with Crippen LogP contribution >= 0.6 is 0 Å². The zero-order valence-electron chi connectivity index (χ0n) is 9.58. The van der Waals surface area contributed by atoms with E-state index in [-0.39, 0.29) is 6.10 Å². The van der Waals surface area contributed by atoms with Gasteiger partial charge in [0, 0.05) is 7.11 Å². The maximum Gasteiger partial charge on any atom is 0.145 e. The third kappa shape index (κ3) is 6.84. The van der Waals surface area contributed by atoms with Gasteiger partial charge in [0.15, 0.2) is 0 Å². The molecule has 0 aliphatic rings. The lowest BCUT2D eigenvalue weighted by Crippen LogP contribution is -2.09. The summed E-state index contributed by atoms with van der Waals surface area (Å²) in [4.78, 5) is 10.4. The molecule has 0 fully saturated rings. The van der Waals surface area contributed by atoms with Crippen LogP contribution in [-0.4, -0.2) is 19.5 Å². The topological polar surface area (TPSA) is 26.3 Å². The van der Waals surface area contributed by atoms with Crippen molar-refractivity contribution in [1.82, 2.24) is 0 Å². The van der Waals surface area contributed by atoms with Gasteiger partial charge < -0.3 is 4.74 Å². The van der Waals surface area contributed by atoms with Crippen molar-refractivity contribution in [2.75, 3.05) is 7.11 Å². The SMILES string of the molecule is CCCCCC(CC=C(C)C=O)OC. The Labute approximate surface area is 87.3 Å². The third-order valence-corrected chi connectivity index (χ3v) is 2.35. The van der Waals surface area contributed by atoms with E-state index >= 15 is 0 Å². The molecule has 0 aliphatic heterocycles. The lowest BCUT2D eigenvalue weighted by molar-refractivity contribution is -0.104. The molecule has 0 heterocycles. The summed E-state index contributed by atoms with van der Waals surface area (Å²) >= 11 is 0. The van der Waals surface area contributed by atoms with Crippen LogP contribution in [0, 0.1) is 0 Å². The summed E-state index contributed by atoms with van der Waals surface area (Å²) < 4.78 is 5.33. The molecule has 0 radical (unpaired) electrons. The molecule has 2 nitrogen and oxygen atoms in total. The molecule has 0 N–H and O–H groups in total. The van der Waals surface area contributed by atoms with Gasteiger partial charge in [-0.15, -0.1) is 0 Å². The normalized spacial score (nSPS) is 14.1. The number of hydrogen-bond acceptors (Lipinski definition) is 2. The van der Waals surface area contributed by atoms with Gasteiger partial charge in [-0.2, -0.15) is 0 Å². The van der Waals surface area contributed by atoms with Gasteiger partial charge in [-0.25, -0.2) is 0 Å².